The first-order valence-electron chi connectivity index (χ1n) is 4.42. The number of hydrogen-bond donors (Lipinski definition) is 2. The van der Waals surface area contributed by atoms with Crippen molar-refractivity contribution in [2.75, 3.05) is 6.61 Å². The van der Waals surface area contributed by atoms with Gasteiger partial charge in [-0.1, -0.05) is 0 Å². The van der Waals surface area contributed by atoms with Crippen LogP contribution in [0.1, 0.15) is 39.0 Å². The molecule has 0 rings (SSSR count). The minimum absolute atomic E-state index is 0.290. The molecule has 0 unspecified atom stereocenters. The fourth-order valence-electron chi connectivity index (χ4n) is 0.921. The number of unbranched alkanes of at least 4 members (excludes halogenated alkanes) is 4. The van der Waals surface area contributed by atoms with Gasteiger partial charge in [0.1, 0.15) is 0 Å². The van der Waals surface area contributed by atoms with Crippen molar-refractivity contribution in [3.8, 4) is 0 Å². The van der Waals surface area contributed by atoms with Crippen LogP contribution in [0.3, 0.4) is 0 Å². The van der Waals surface area contributed by atoms with E-state index in [9.17, 15) is 8.39 Å². The average Bonchev–Trinajstić information content (AvgIpc) is 1.93. The molecule has 0 aromatic heterocycles. The predicted octanol–water partition coefficient (Wildman–Crippen LogP) is 3.03. The summed E-state index contributed by atoms with van der Waals surface area (Å²) in [6.45, 7) is 1.76. The third-order valence-corrected chi connectivity index (χ3v) is 2.16. The van der Waals surface area contributed by atoms with E-state index in [2.05, 4.69) is 4.52 Å². The maximum atomic E-state index is 12.0. The van der Waals surface area contributed by atoms with Crippen LogP contribution in [0.4, 0.5) is 8.39 Å². The van der Waals surface area contributed by atoms with Crippen LogP contribution >= 0.6 is 7.91 Å². The topological polar surface area (TPSA) is 49.7 Å². The van der Waals surface area contributed by atoms with Crippen LogP contribution in [-0.4, -0.2) is 16.4 Å². The molecule has 0 radical (unpaired) electrons. The Hall–Kier alpha value is 0.170. The van der Waals surface area contributed by atoms with Crippen molar-refractivity contribution in [3.05, 3.63) is 0 Å². The van der Waals surface area contributed by atoms with Crippen LogP contribution < -0.4 is 0 Å². The molecule has 13 heavy (non-hydrogen) atoms. The van der Waals surface area contributed by atoms with Crippen molar-refractivity contribution in [2.45, 2.75) is 39.0 Å². The third-order valence-electron chi connectivity index (χ3n) is 1.55. The summed E-state index contributed by atoms with van der Waals surface area (Å²) in [4.78, 5) is 16.0. The second kappa shape index (κ2) is 5.15. The first-order chi connectivity index (χ1) is 5.81. The van der Waals surface area contributed by atoms with E-state index in [4.69, 9.17) is 9.79 Å². The molecule has 0 heterocycles. The summed E-state index contributed by atoms with van der Waals surface area (Å²) in [5, 5.41) is 0. The zero-order valence-corrected chi connectivity index (χ0v) is 8.64. The number of rotatable bonds is 7. The normalized spacial score (nSPS) is 15.3. The molecule has 0 saturated heterocycles. The molecule has 0 aromatic rings. The molecule has 0 saturated carbocycles. The van der Waals surface area contributed by atoms with Gasteiger partial charge < -0.3 is 0 Å². The average molecular weight is 218 g/mol. The van der Waals surface area contributed by atoms with Crippen LogP contribution in [0, 0.1) is 0 Å². The fraction of sp³-hybridized carbons (Fsp3) is 1.00. The van der Waals surface area contributed by atoms with E-state index in [0.29, 0.717) is 6.42 Å². The maximum absolute atomic E-state index is 12.0. The molecule has 82 valence electrons. The van der Waals surface area contributed by atoms with Gasteiger partial charge in [0.05, 0.1) is 0 Å². The van der Waals surface area contributed by atoms with Crippen LogP contribution in [0.25, 0.3) is 0 Å². The van der Waals surface area contributed by atoms with Crippen molar-refractivity contribution in [1.82, 2.24) is 0 Å². The molecule has 0 bridgehead atoms. The van der Waals surface area contributed by atoms with Crippen molar-refractivity contribution in [3.63, 3.8) is 0 Å². The van der Waals surface area contributed by atoms with E-state index in [-0.39, 0.29) is 6.61 Å². The monoisotopic (exact) mass is 218 g/mol. The molecule has 0 aromatic carbocycles. The Bertz CT molecular complexity index is 137. The molecule has 0 aliphatic heterocycles. The Morgan fingerprint density at radius 3 is 2.08 bits per heavy atom. The van der Waals surface area contributed by atoms with Crippen LogP contribution in [-0.2, 0) is 4.52 Å². The van der Waals surface area contributed by atoms with Crippen molar-refractivity contribution < 1.29 is 22.7 Å². The summed E-state index contributed by atoms with van der Waals surface area (Å²) in [5.41, 5.74) is 0. The zero-order chi connectivity index (χ0) is 10.4. The second-order valence-corrected chi connectivity index (χ2v) is 4.78. The van der Waals surface area contributed by atoms with Crippen LogP contribution in [0.15, 0.2) is 0 Å². The zero-order valence-electron chi connectivity index (χ0n) is 7.75. The molecule has 0 atom stereocenters. The van der Waals surface area contributed by atoms with Crippen molar-refractivity contribution >= 4 is 7.91 Å². The van der Waals surface area contributed by atoms with E-state index in [1.807, 2.05) is 6.92 Å². The van der Waals surface area contributed by atoms with Gasteiger partial charge in [-0.05, 0) is 0 Å². The fourth-order valence-corrected chi connectivity index (χ4v) is 1.35. The van der Waals surface area contributed by atoms with E-state index in [1.54, 1.807) is 0 Å². The van der Waals surface area contributed by atoms with Crippen LogP contribution in [0.5, 0.6) is 0 Å². The Balaban J connectivity index is 3.27. The number of halogens is 2. The summed E-state index contributed by atoms with van der Waals surface area (Å²) in [6, 6.07) is 0. The van der Waals surface area contributed by atoms with E-state index >= 15 is 0 Å². The quantitative estimate of drug-likeness (QED) is 0.510. The molecule has 0 amide bonds. The van der Waals surface area contributed by atoms with Crippen LogP contribution in [0.2, 0.25) is 0 Å². The van der Waals surface area contributed by atoms with Crippen molar-refractivity contribution in [2.24, 2.45) is 0 Å². The molecule has 6 heteroatoms. The minimum atomic E-state index is -6.68. The van der Waals surface area contributed by atoms with Gasteiger partial charge in [-0.3, -0.25) is 0 Å². The molecule has 0 aliphatic carbocycles. The van der Waals surface area contributed by atoms with Gasteiger partial charge in [0.15, 0.2) is 0 Å². The first kappa shape index (κ1) is 13.2. The summed E-state index contributed by atoms with van der Waals surface area (Å²) in [5.74, 6) is 0. The van der Waals surface area contributed by atoms with Gasteiger partial charge in [-0.15, -0.1) is 0 Å². The van der Waals surface area contributed by atoms with Gasteiger partial charge in [-0.25, -0.2) is 0 Å². The number of hydrogen-bond acceptors (Lipinski definition) is 3. The Morgan fingerprint density at radius 1 is 1.08 bits per heavy atom. The van der Waals surface area contributed by atoms with E-state index in [0.717, 1.165) is 25.7 Å². The summed E-state index contributed by atoms with van der Waals surface area (Å²) >= 11 is 0. The van der Waals surface area contributed by atoms with Gasteiger partial charge in [-0.2, -0.15) is 0 Å². The standard InChI is InChI=1S/C7H17F2O3P/c1-2-3-4-5-6-7-12-13(8,9,10)11/h10-11H,2-7H2,1H3. The summed E-state index contributed by atoms with van der Waals surface area (Å²) in [7, 11) is -6.68. The molecule has 0 spiro atoms. The Morgan fingerprint density at radius 2 is 1.62 bits per heavy atom. The summed E-state index contributed by atoms with van der Waals surface area (Å²) < 4.78 is 27.7. The second-order valence-electron chi connectivity index (χ2n) is 3.00. The van der Waals surface area contributed by atoms with Gasteiger partial charge in [0.25, 0.3) is 0 Å². The van der Waals surface area contributed by atoms with E-state index in [1.165, 1.54) is 0 Å². The molecule has 0 aliphatic rings. The Labute approximate surface area is 77.1 Å². The molecule has 2 N–H and O–H groups in total. The Kier molecular flexibility index (Phi) is 5.22. The molecular weight excluding hydrogens is 201 g/mol. The predicted molar refractivity (Wildman–Crippen MR) is 48.3 cm³/mol. The van der Waals surface area contributed by atoms with Gasteiger partial charge in [0, 0.05) is 0 Å². The van der Waals surface area contributed by atoms with Crippen molar-refractivity contribution in [1.29, 1.82) is 0 Å². The third kappa shape index (κ3) is 12.2. The van der Waals surface area contributed by atoms with E-state index < -0.39 is 7.91 Å². The first-order valence-corrected chi connectivity index (χ1v) is 6.26. The van der Waals surface area contributed by atoms with Gasteiger partial charge >= 0.3 is 76.2 Å². The summed E-state index contributed by atoms with van der Waals surface area (Å²) in [6.07, 6.45) is 4.32. The molecule has 0 fully saturated rings. The molecule has 3 nitrogen and oxygen atoms in total. The molecular formula is C7H17F2O3P. The SMILES string of the molecule is CCCCCCCOP(O)(O)(F)F. The van der Waals surface area contributed by atoms with Gasteiger partial charge in [0.2, 0.25) is 0 Å².